The molecule has 0 aromatic rings. The molecule has 0 aliphatic heterocycles. The lowest BCUT2D eigenvalue weighted by molar-refractivity contribution is -0.145. The van der Waals surface area contributed by atoms with Crippen LogP contribution in [0.4, 0.5) is 0 Å². The molecule has 4 heteroatoms. The second-order valence-corrected chi connectivity index (χ2v) is 7.91. The fourth-order valence-electron chi connectivity index (χ4n) is 3.39. The second-order valence-electron chi connectivity index (χ2n) is 4.87. The number of halogens is 2. The Labute approximate surface area is 99.1 Å². The Morgan fingerprint density at radius 2 is 1.43 bits per heavy atom. The Hall–Kier alpha value is 0.300. The minimum Gasteiger partial charge on any atom is -0.298 e. The topological polar surface area (TPSA) is 34.1 Å². The van der Waals surface area contributed by atoms with Gasteiger partial charge in [0.2, 0.25) is 0 Å². The normalized spacial score (nSPS) is 55.6. The molecule has 0 amide bonds. The molecule has 76 valence electrons. The smallest absolute Gasteiger partial charge is 0.152 e. The zero-order valence-electron chi connectivity index (χ0n) is 7.56. The fourth-order valence-corrected chi connectivity index (χ4v) is 6.15. The van der Waals surface area contributed by atoms with Crippen molar-refractivity contribution in [1.29, 1.82) is 0 Å². The molecule has 0 radical (unpaired) electrons. The third-order valence-electron chi connectivity index (χ3n) is 3.89. The molecule has 0 N–H and O–H groups in total. The van der Waals surface area contributed by atoms with Crippen molar-refractivity contribution in [3.63, 3.8) is 0 Å². The maximum Gasteiger partial charge on any atom is 0.152 e. The molecule has 4 rings (SSSR count). The third kappa shape index (κ3) is 0.967. The Balaban J connectivity index is 2.11. The van der Waals surface area contributed by atoms with Crippen molar-refractivity contribution >= 4 is 43.4 Å². The van der Waals surface area contributed by atoms with Gasteiger partial charge in [-0.25, -0.2) is 0 Å². The van der Waals surface area contributed by atoms with E-state index in [-0.39, 0.29) is 11.8 Å². The largest absolute Gasteiger partial charge is 0.298 e. The summed E-state index contributed by atoms with van der Waals surface area (Å²) >= 11 is 7.11. The van der Waals surface area contributed by atoms with Crippen molar-refractivity contribution in [3.8, 4) is 0 Å². The van der Waals surface area contributed by atoms with Gasteiger partial charge in [0.1, 0.15) is 0 Å². The van der Waals surface area contributed by atoms with Crippen LogP contribution in [0.5, 0.6) is 0 Å². The predicted molar refractivity (Wildman–Crippen MR) is 58.8 cm³/mol. The molecule has 0 aromatic heterocycles. The Bertz CT molecular complexity index is 322. The summed E-state index contributed by atoms with van der Waals surface area (Å²) < 4.78 is -0.785. The average Bonchev–Trinajstić information content (AvgIpc) is 2.06. The lowest BCUT2D eigenvalue weighted by Gasteiger charge is -2.55. The number of hydrogen-bond donors (Lipinski definition) is 0. The summed E-state index contributed by atoms with van der Waals surface area (Å²) in [7, 11) is 0. The van der Waals surface area contributed by atoms with Gasteiger partial charge in [-0.3, -0.25) is 9.59 Å². The van der Waals surface area contributed by atoms with Crippen LogP contribution in [0.25, 0.3) is 0 Å². The van der Waals surface area contributed by atoms with Gasteiger partial charge in [0.25, 0.3) is 0 Å². The minimum absolute atomic E-state index is 0.110. The summed E-state index contributed by atoms with van der Waals surface area (Å²) in [6.07, 6.45) is 2.87. The van der Waals surface area contributed by atoms with Crippen molar-refractivity contribution < 1.29 is 9.59 Å². The molecule has 0 spiro atoms. The van der Waals surface area contributed by atoms with Crippen LogP contribution in [0.15, 0.2) is 0 Å². The maximum atomic E-state index is 12.0. The van der Waals surface area contributed by atoms with Crippen LogP contribution in [0.1, 0.15) is 25.7 Å². The lowest BCUT2D eigenvalue weighted by atomic mass is 9.55. The SMILES string of the molecule is O=C1C2CC3CC1(Br)CC(Br)(C2)C3=O. The van der Waals surface area contributed by atoms with E-state index in [1.807, 2.05) is 0 Å². The van der Waals surface area contributed by atoms with Gasteiger partial charge < -0.3 is 0 Å². The second kappa shape index (κ2) is 2.51. The van der Waals surface area contributed by atoms with E-state index in [1.54, 1.807) is 0 Å². The third-order valence-corrected chi connectivity index (χ3v) is 5.88. The molecule has 4 unspecified atom stereocenters. The van der Waals surface area contributed by atoms with Crippen molar-refractivity contribution in [3.05, 3.63) is 0 Å². The molecule has 4 atom stereocenters. The first-order valence-electron chi connectivity index (χ1n) is 4.91. The minimum atomic E-state index is -0.393. The van der Waals surface area contributed by atoms with Gasteiger partial charge in [-0.2, -0.15) is 0 Å². The number of Topliss-reactive ketones (excluding diaryl/α,β-unsaturated/α-hetero) is 2. The molecule has 4 fully saturated rings. The van der Waals surface area contributed by atoms with Crippen molar-refractivity contribution in [2.75, 3.05) is 0 Å². The molecule has 4 saturated carbocycles. The molecule has 2 nitrogen and oxygen atoms in total. The van der Waals surface area contributed by atoms with Gasteiger partial charge in [-0.15, -0.1) is 0 Å². The molecular formula is C10H10Br2O2. The lowest BCUT2D eigenvalue weighted by Crippen LogP contribution is -2.64. The number of alkyl halides is 2. The highest BCUT2D eigenvalue weighted by atomic mass is 79.9. The maximum absolute atomic E-state index is 12.0. The summed E-state index contributed by atoms with van der Waals surface area (Å²) in [4.78, 5) is 23.9. The molecule has 4 aliphatic carbocycles. The first-order chi connectivity index (χ1) is 6.45. The average molecular weight is 322 g/mol. The van der Waals surface area contributed by atoms with Gasteiger partial charge in [-0.05, 0) is 25.7 Å². The summed E-state index contributed by atoms with van der Waals surface area (Å²) in [6.45, 7) is 0. The zero-order chi connectivity index (χ0) is 10.1. The predicted octanol–water partition coefficient (Wildman–Crippen LogP) is 2.23. The van der Waals surface area contributed by atoms with E-state index in [4.69, 9.17) is 0 Å². The van der Waals surface area contributed by atoms with E-state index in [1.165, 1.54) is 0 Å². The van der Waals surface area contributed by atoms with Gasteiger partial charge in [0.05, 0.1) is 8.65 Å². The highest BCUT2D eigenvalue weighted by Gasteiger charge is 2.65. The standard InChI is InChI=1S/C10H10Br2O2/c11-9-2-5-1-6(8(9)14)3-10(12,4-9)7(5)13/h5-6H,1-4H2. The molecular weight excluding hydrogens is 312 g/mol. The van der Waals surface area contributed by atoms with E-state index >= 15 is 0 Å². The summed E-state index contributed by atoms with van der Waals surface area (Å²) in [5.41, 5.74) is 0. The molecule has 14 heavy (non-hydrogen) atoms. The first-order valence-corrected chi connectivity index (χ1v) is 6.50. The van der Waals surface area contributed by atoms with E-state index in [0.717, 1.165) is 6.42 Å². The van der Waals surface area contributed by atoms with Crippen LogP contribution in [-0.4, -0.2) is 20.2 Å². The van der Waals surface area contributed by atoms with Crippen LogP contribution in [0.3, 0.4) is 0 Å². The number of ketones is 2. The van der Waals surface area contributed by atoms with E-state index in [9.17, 15) is 9.59 Å². The summed E-state index contributed by atoms with van der Waals surface area (Å²) in [5.74, 6) is 0.880. The molecule has 4 bridgehead atoms. The van der Waals surface area contributed by atoms with Crippen LogP contribution < -0.4 is 0 Å². The zero-order valence-corrected chi connectivity index (χ0v) is 10.7. The van der Waals surface area contributed by atoms with E-state index in [2.05, 4.69) is 31.9 Å². The Morgan fingerprint density at radius 3 is 1.79 bits per heavy atom. The quantitative estimate of drug-likeness (QED) is 0.641. The molecule has 0 aromatic carbocycles. The fraction of sp³-hybridized carbons (Fsp3) is 0.800. The summed E-state index contributed by atoms with van der Waals surface area (Å²) in [5, 5.41) is 0. The Kier molecular flexibility index (Phi) is 1.71. The number of hydrogen-bond acceptors (Lipinski definition) is 2. The van der Waals surface area contributed by atoms with E-state index in [0.29, 0.717) is 30.8 Å². The van der Waals surface area contributed by atoms with Crippen LogP contribution in [0.2, 0.25) is 0 Å². The van der Waals surface area contributed by atoms with Gasteiger partial charge in [0, 0.05) is 11.8 Å². The van der Waals surface area contributed by atoms with Gasteiger partial charge >= 0.3 is 0 Å². The van der Waals surface area contributed by atoms with E-state index < -0.39 is 8.65 Å². The van der Waals surface area contributed by atoms with Crippen molar-refractivity contribution in [2.24, 2.45) is 11.8 Å². The van der Waals surface area contributed by atoms with Crippen LogP contribution in [-0.2, 0) is 9.59 Å². The van der Waals surface area contributed by atoms with Crippen molar-refractivity contribution in [1.82, 2.24) is 0 Å². The molecule has 4 aliphatic rings. The Morgan fingerprint density at radius 1 is 1.00 bits per heavy atom. The first kappa shape index (κ1) is 9.52. The van der Waals surface area contributed by atoms with Crippen LogP contribution >= 0.6 is 31.9 Å². The molecule has 0 heterocycles. The number of rotatable bonds is 0. The summed E-state index contributed by atoms with van der Waals surface area (Å²) in [6, 6.07) is 0. The van der Waals surface area contributed by atoms with Gasteiger partial charge in [-0.1, -0.05) is 31.9 Å². The number of carbonyl (C=O) groups excluding carboxylic acids is 2. The van der Waals surface area contributed by atoms with Crippen LogP contribution in [0, 0.1) is 11.8 Å². The van der Waals surface area contributed by atoms with Crippen molar-refractivity contribution in [2.45, 2.75) is 34.3 Å². The highest BCUT2D eigenvalue weighted by Crippen LogP contribution is 2.60. The molecule has 0 saturated heterocycles. The van der Waals surface area contributed by atoms with Gasteiger partial charge in [0.15, 0.2) is 11.6 Å². The highest BCUT2D eigenvalue weighted by molar-refractivity contribution is 9.11. The number of carbonyl (C=O) groups is 2. The monoisotopic (exact) mass is 320 g/mol.